The van der Waals surface area contributed by atoms with E-state index in [4.69, 9.17) is 0 Å². The first kappa shape index (κ1) is 15.8. The van der Waals surface area contributed by atoms with E-state index in [2.05, 4.69) is 21.5 Å². The minimum atomic E-state index is -0.194. The molecule has 2 fully saturated rings. The molecule has 1 spiro atoms. The Hall–Kier alpha value is -1.72. The molecule has 2 aliphatic heterocycles. The van der Waals surface area contributed by atoms with Gasteiger partial charge < -0.3 is 5.32 Å². The van der Waals surface area contributed by atoms with Gasteiger partial charge >= 0.3 is 0 Å². The molecule has 2 aliphatic rings. The Morgan fingerprint density at radius 1 is 1.04 bits per heavy atom. The highest BCUT2D eigenvalue weighted by molar-refractivity contribution is 5.17. The van der Waals surface area contributed by atoms with Gasteiger partial charge in [0.1, 0.15) is 5.82 Å². The SMILES string of the molecule is Fc1ccc(Cn2cc(CN3CCC4(CCNCC4)C3)cn2)cc1. The van der Waals surface area contributed by atoms with Crippen molar-refractivity contribution >= 4 is 0 Å². The largest absolute Gasteiger partial charge is 0.317 e. The van der Waals surface area contributed by atoms with Crippen molar-refractivity contribution in [2.24, 2.45) is 5.41 Å². The van der Waals surface area contributed by atoms with Gasteiger partial charge in [-0.2, -0.15) is 5.10 Å². The van der Waals surface area contributed by atoms with Crippen LogP contribution in [-0.2, 0) is 13.1 Å². The van der Waals surface area contributed by atoms with Crippen molar-refractivity contribution in [3.63, 3.8) is 0 Å². The predicted molar refractivity (Wildman–Crippen MR) is 92.2 cm³/mol. The van der Waals surface area contributed by atoms with Crippen molar-refractivity contribution in [2.45, 2.75) is 32.4 Å². The van der Waals surface area contributed by atoms with Crippen molar-refractivity contribution in [2.75, 3.05) is 26.2 Å². The summed E-state index contributed by atoms with van der Waals surface area (Å²) in [5, 5.41) is 7.94. The third kappa shape index (κ3) is 3.52. The summed E-state index contributed by atoms with van der Waals surface area (Å²) in [7, 11) is 0. The fraction of sp³-hybridized carbons (Fsp3) is 0.526. The highest BCUT2D eigenvalue weighted by atomic mass is 19.1. The van der Waals surface area contributed by atoms with Crippen LogP contribution in [0.1, 0.15) is 30.4 Å². The summed E-state index contributed by atoms with van der Waals surface area (Å²) in [6.45, 7) is 6.43. The summed E-state index contributed by atoms with van der Waals surface area (Å²) in [4.78, 5) is 2.57. The maximum atomic E-state index is 13.0. The molecule has 0 unspecified atom stereocenters. The normalized spacial score (nSPS) is 20.7. The second-order valence-electron chi connectivity index (χ2n) is 7.38. The molecule has 0 radical (unpaired) electrons. The van der Waals surface area contributed by atoms with E-state index < -0.39 is 0 Å². The number of hydrogen-bond donors (Lipinski definition) is 1. The van der Waals surface area contributed by atoms with Crippen LogP contribution >= 0.6 is 0 Å². The van der Waals surface area contributed by atoms with Gasteiger partial charge in [-0.05, 0) is 62.0 Å². The first-order chi connectivity index (χ1) is 11.7. The maximum Gasteiger partial charge on any atom is 0.123 e. The van der Waals surface area contributed by atoms with Crippen molar-refractivity contribution < 1.29 is 4.39 Å². The molecule has 2 saturated heterocycles. The molecule has 0 saturated carbocycles. The van der Waals surface area contributed by atoms with Crippen LogP contribution in [0.15, 0.2) is 36.7 Å². The van der Waals surface area contributed by atoms with E-state index in [1.165, 1.54) is 63.1 Å². The number of piperidine rings is 1. The molecule has 0 bridgehead atoms. The zero-order chi connectivity index (χ0) is 16.4. The summed E-state index contributed by atoms with van der Waals surface area (Å²) >= 11 is 0. The zero-order valence-electron chi connectivity index (χ0n) is 14.0. The molecule has 5 heteroatoms. The number of aromatic nitrogens is 2. The summed E-state index contributed by atoms with van der Waals surface area (Å²) in [6.07, 6.45) is 8.05. The molecule has 24 heavy (non-hydrogen) atoms. The Kier molecular flexibility index (Phi) is 4.37. The number of rotatable bonds is 4. The average molecular weight is 328 g/mol. The molecule has 0 atom stereocenters. The molecular weight excluding hydrogens is 303 g/mol. The van der Waals surface area contributed by atoms with E-state index >= 15 is 0 Å². The number of likely N-dealkylation sites (tertiary alicyclic amines) is 1. The number of nitrogens with zero attached hydrogens (tertiary/aromatic N) is 3. The van der Waals surface area contributed by atoms with E-state index in [-0.39, 0.29) is 5.82 Å². The molecule has 1 aromatic carbocycles. The van der Waals surface area contributed by atoms with Crippen molar-refractivity contribution in [3.8, 4) is 0 Å². The number of benzene rings is 1. The third-order valence-electron chi connectivity index (χ3n) is 5.53. The van der Waals surface area contributed by atoms with E-state index in [0.717, 1.165) is 12.1 Å². The second kappa shape index (κ2) is 6.65. The predicted octanol–water partition coefficient (Wildman–Crippen LogP) is 2.65. The number of halogens is 1. The summed E-state index contributed by atoms with van der Waals surface area (Å²) in [5.74, 6) is -0.194. The molecule has 4 rings (SSSR count). The molecule has 1 N–H and O–H groups in total. The van der Waals surface area contributed by atoms with Gasteiger partial charge in [0.2, 0.25) is 0 Å². The van der Waals surface area contributed by atoms with Gasteiger partial charge in [-0.15, -0.1) is 0 Å². The molecule has 4 nitrogen and oxygen atoms in total. The summed E-state index contributed by atoms with van der Waals surface area (Å²) in [6, 6.07) is 6.64. The third-order valence-corrected chi connectivity index (χ3v) is 5.53. The quantitative estimate of drug-likeness (QED) is 0.937. The van der Waals surface area contributed by atoms with Gasteiger partial charge in [-0.1, -0.05) is 12.1 Å². The highest BCUT2D eigenvalue weighted by Gasteiger charge is 2.38. The lowest BCUT2D eigenvalue weighted by molar-refractivity contribution is 0.194. The Morgan fingerprint density at radius 3 is 2.62 bits per heavy atom. The van der Waals surface area contributed by atoms with Crippen LogP contribution in [0.2, 0.25) is 0 Å². The van der Waals surface area contributed by atoms with Gasteiger partial charge in [0.25, 0.3) is 0 Å². The first-order valence-electron chi connectivity index (χ1n) is 8.90. The van der Waals surface area contributed by atoms with Gasteiger partial charge in [0, 0.05) is 24.8 Å². The van der Waals surface area contributed by atoms with E-state index in [9.17, 15) is 4.39 Å². The summed E-state index contributed by atoms with van der Waals surface area (Å²) in [5.41, 5.74) is 2.89. The van der Waals surface area contributed by atoms with Crippen molar-refractivity contribution in [1.82, 2.24) is 20.0 Å². The molecule has 2 aromatic rings. The second-order valence-corrected chi connectivity index (χ2v) is 7.38. The first-order valence-corrected chi connectivity index (χ1v) is 8.90. The van der Waals surface area contributed by atoms with E-state index in [1.807, 2.05) is 23.0 Å². The molecule has 3 heterocycles. The van der Waals surface area contributed by atoms with Gasteiger partial charge in [-0.25, -0.2) is 4.39 Å². The average Bonchev–Trinajstić information content (AvgIpc) is 3.18. The minimum absolute atomic E-state index is 0.194. The molecular formula is C19H25FN4. The Balaban J connectivity index is 1.34. The summed E-state index contributed by atoms with van der Waals surface area (Å²) < 4.78 is 14.9. The standard InChI is InChI=1S/C19H25FN4/c20-18-3-1-16(2-4-18)13-24-14-17(11-22-24)12-23-10-7-19(15-23)5-8-21-9-6-19/h1-4,11,14,21H,5-10,12-13,15H2. The molecule has 0 aliphatic carbocycles. The lowest BCUT2D eigenvalue weighted by atomic mass is 9.78. The number of nitrogens with one attached hydrogen (secondary N) is 1. The fourth-order valence-electron chi connectivity index (χ4n) is 4.14. The topological polar surface area (TPSA) is 33.1 Å². The molecule has 0 amide bonds. The Labute approximate surface area is 142 Å². The maximum absolute atomic E-state index is 13.0. The number of hydrogen-bond acceptors (Lipinski definition) is 3. The lowest BCUT2D eigenvalue weighted by Gasteiger charge is -2.33. The molecule has 1 aromatic heterocycles. The smallest absolute Gasteiger partial charge is 0.123 e. The van der Waals surface area contributed by atoms with E-state index in [1.54, 1.807) is 0 Å². The monoisotopic (exact) mass is 328 g/mol. The zero-order valence-corrected chi connectivity index (χ0v) is 14.0. The van der Waals surface area contributed by atoms with Gasteiger partial charge in [-0.3, -0.25) is 9.58 Å². The van der Waals surface area contributed by atoms with Crippen molar-refractivity contribution in [3.05, 3.63) is 53.6 Å². The van der Waals surface area contributed by atoms with Crippen LogP contribution in [0.5, 0.6) is 0 Å². The van der Waals surface area contributed by atoms with Crippen LogP contribution in [0.25, 0.3) is 0 Å². The Bertz CT molecular complexity index is 673. The van der Waals surface area contributed by atoms with Crippen LogP contribution in [0.3, 0.4) is 0 Å². The minimum Gasteiger partial charge on any atom is -0.317 e. The van der Waals surface area contributed by atoms with E-state index in [0.29, 0.717) is 12.0 Å². The van der Waals surface area contributed by atoms with Crippen LogP contribution in [0.4, 0.5) is 4.39 Å². The van der Waals surface area contributed by atoms with Crippen molar-refractivity contribution in [1.29, 1.82) is 0 Å². The lowest BCUT2D eigenvalue weighted by Crippen LogP contribution is -2.38. The molecule has 128 valence electrons. The van der Waals surface area contributed by atoms with Gasteiger partial charge in [0.15, 0.2) is 0 Å². The van der Waals surface area contributed by atoms with Crippen LogP contribution in [0, 0.1) is 11.2 Å². The van der Waals surface area contributed by atoms with Crippen LogP contribution in [-0.4, -0.2) is 40.9 Å². The highest BCUT2D eigenvalue weighted by Crippen LogP contribution is 2.38. The van der Waals surface area contributed by atoms with Crippen LogP contribution < -0.4 is 5.32 Å². The Morgan fingerprint density at radius 2 is 1.83 bits per heavy atom. The fourth-order valence-corrected chi connectivity index (χ4v) is 4.14. The van der Waals surface area contributed by atoms with Gasteiger partial charge in [0.05, 0.1) is 12.7 Å².